The molecule has 0 aliphatic carbocycles. The van der Waals surface area contributed by atoms with E-state index in [2.05, 4.69) is 6.92 Å². The van der Waals surface area contributed by atoms with Gasteiger partial charge in [-0.15, -0.1) is 0 Å². The minimum atomic E-state index is -0.00249. The highest BCUT2D eigenvalue weighted by atomic mass is 16.5. The topological polar surface area (TPSA) is 38.7 Å². The van der Waals surface area contributed by atoms with Gasteiger partial charge in [0.25, 0.3) is 0 Å². The van der Waals surface area contributed by atoms with E-state index in [9.17, 15) is 0 Å². The molecular weight excluding hydrogens is 240 g/mol. The number of aliphatic hydroxyl groups is 1. The smallest absolute Gasteiger partial charge is 0.0830 e. The molecule has 0 amide bonds. The summed E-state index contributed by atoms with van der Waals surface area (Å²) in [5.41, 5.74) is 0. The summed E-state index contributed by atoms with van der Waals surface area (Å²) in [6, 6.07) is 0. The summed E-state index contributed by atoms with van der Waals surface area (Å²) in [5.74, 6) is 0. The quantitative estimate of drug-likeness (QED) is 0.583. The first-order valence-corrected chi connectivity index (χ1v) is 8.21. The zero-order chi connectivity index (χ0) is 13.8. The molecule has 3 heteroatoms. The van der Waals surface area contributed by atoms with Crippen molar-refractivity contribution in [1.29, 1.82) is 0 Å². The van der Waals surface area contributed by atoms with E-state index in [0.717, 1.165) is 26.1 Å². The molecule has 1 fully saturated rings. The molecule has 0 aromatic heterocycles. The van der Waals surface area contributed by atoms with Gasteiger partial charge in [-0.25, -0.2) is 0 Å². The van der Waals surface area contributed by atoms with E-state index in [1.165, 1.54) is 51.4 Å². The van der Waals surface area contributed by atoms with Crippen LogP contribution in [0.5, 0.6) is 0 Å². The Morgan fingerprint density at radius 3 is 2.42 bits per heavy atom. The molecule has 1 aliphatic heterocycles. The minimum absolute atomic E-state index is 0.00249. The van der Waals surface area contributed by atoms with Crippen LogP contribution in [0.25, 0.3) is 0 Å². The molecule has 1 N–H and O–H groups in total. The van der Waals surface area contributed by atoms with Crippen LogP contribution in [0.2, 0.25) is 0 Å². The molecule has 0 aromatic carbocycles. The van der Waals surface area contributed by atoms with Crippen LogP contribution in [0.1, 0.15) is 71.1 Å². The molecule has 2 unspecified atom stereocenters. The van der Waals surface area contributed by atoms with Gasteiger partial charge in [-0.2, -0.15) is 0 Å². The van der Waals surface area contributed by atoms with E-state index >= 15 is 0 Å². The lowest BCUT2D eigenvalue weighted by atomic mass is 10.1. The minimum Gasteiger partial charge on any atom is -0.394 e. The Bertz CT molecular complexity index is 196. The summed E-state index contributed by atoms with van der Waals surface area (Å²) in [5, 5.41) is 9.06. The van der Waals surface area contributed by atoms with E-state index < -0.39 is 0 Å². The fraction of sp³-hybridized carbons (Fsp3) is 1.00. The predicted molar refractivity (Wildman–Crippen MR) is 78.4 cm³/mol. The number of rotatable bonds is 11. The molecule has 0 saturated carbocycles. The van der Waals surface area contributed by atoms with Crippen molar-refractivity contribution in [2.24, 2.45) is 0 Å². The molecule has 114 valence electrons. The van der Waals surface area contributed by atoms with Gasteiger partial charge in [-0.05, 0) is 12.8 Å². The van der Waals surface area contributed by atoms with Gasteiger partial charge in [-0.3, -0.25) is 0 Å². The molecule has 1 heterocycles. The number of hydrogen-bond donors (Lipinski definition) is 1. The van der Waals surface area contributed by atoms with E-state index in [-0.39, 0.29) is 12.7 Å². The first-order valence-electron chi connectivity index (χ1n) is 8.21. The average molecular weight is 272 g/mol. The lowest BCUT2D eigenvalue weighted by Crippen LogP contribution is -2.33. The predicted octanol–water partition coefficient (Wildman–Crippen LogP) is 3.68. The van der Waals surface area contributed by atoms with Crippen LogP contribution < -0.4 is 0 Å². The Labute approximate surface area is 118 Å². The standard InChI is InChI=1S/C16H32O3/c1-2-3-4-5-6-7-8-9-11-18-15-10-12-19-16(13-15)14-17/h15-17H,2-14H2,1H3. The maximum atomic E-state index is 9.06. The first kappa shape index (κ1) is 16.9. The lowest BCUT2D eigenvalue weighted by molar-refractivity contribution is -0.0879. The van der Waals surface area contributed by atoms with Gasteiger partial charge in [-0.1, -0.05) is 51.9 Å². The number of aliphatic hydroxyl groups excluding tert-OH is 1. The Morgan fingerprint density at radius 2 is 1.74 bits per heavy atom. The van der Waals surface area contributed by atoms with E-state index in [4.69, 9.17) is 14.6 Å². The lowest BCUT2D eigenvalue weighted by Gasteiger charge is -2.28. The monoisotopic (exact) mass is 272 g/mol. The van der Waals surface area contributed by atoms with Gasteiger partial charge in [0.05, 0.1) is 18.8 Å². The molecular formula is C16H32O3. The van der Waals surface area contributed by atoms with Crippen molar-refractivity contribution in [3.05, 3.63) is 0 Å². The molecule has 3 nitrogen and oxygen atoms in total. The Balaban J connectivity index is 1.85. The third kappa shape index (κ3) is 8.61. The largest absolute Gasteiger partial charge is 0.394 e. The van der Waals surface area contributed by atoms with Crippen LogP contribution in [-0.4, -0.2) is 37.1 Å². The van der Waals surface area contributed by atoms with Crippen molar-refractivity contribution < 1.29 is 14.6 Å². The van der Waals surface area contributed by atoms with Gasteiger partial charge in [0.2, 0.25) is 0 Å². The van der Waals surface area contributed by atoms with Gasteiger partial charge < -0.3 is 14.6 Å². The van der Waals surface area contributed by atoms with Gasteiger partial charge >= 0.3 is 0 Å². The summed E-state index contributed by atoms with van der Waals surface area (Å²) in [6.07, 6.45) is 12.8. The zero-order valence-electron chi connectivity index (χ0n) is 12.6. The number of ether oxygens (including phenoxy) is 2. The van der Waals surface area contributed by atoms with Crippen LogP contribution in [0.15, 0.2) is 0 Å². The highest BCUT2D eigenvalue weighted by Crippen LogP contribution is 2.17. The average Bonchev–Trinajstić information content (AvgIpc) is 2.46. The fourth-order valence-corrected chi connectivity index (χ4v) is 2.61. The van der Waals surface area contributed by atoms with Crippen LogP contribution >= 0.6 is 0 Å². The van der Waals surface area contributed by atoms with Crippen molar-refractivity contribution in [1.82, 2.24) is 0 Å². The summed E-state index contributed by atoms with van der Waals surface area (Å²) >= 11 is 0. The number of unbranched alkanes of at least 4 members (excludes halogenated alkanes) is 7. The van der Waals surface area contributed by atoms with E-state index in [0.29, 0.717) is 6.10 Å². The third-order valence-electron chi connectivity index (χ3n) is 3.87. The summed E-state index contributed by atoms with van der Waals surface area (Å²) in [6.45, 7) is 3.98. The molecule has 1 aliphatic rings. The molecule has 0 aromatic rings. The third-order valence-corrected chi connectivity index (χ3v) is 3.87. The molecule has 1 saturated heterocycles. The van der Waals surface area contributed by atoms with Crippen molar-refractivity contribution >= 4 is 0 Å². The Morgan fingerprint density at radius 1 is 1.05 bits per heavy atom. The first-order chi connectivity index (χ1) is 9.36. The van der Waals surface area contributed by atoms with E-state index in [1.54, 1.807) is 0 Å². The molecule has 0 spiro atoms. The summed E-state index contributed by atoms with van der Waals surface area (Å²) < 4.78 is 11.3. The maximum absolute atomic E-state index is 9.06. The second-order valence-corrected chi connectivity index (χ2v) is 5.67. The van der Waals surface area contributed by atoms with Crippen molar-refractivity contribution in [2.45, 2.75) is 83.3 Å². The van der Waals surface area contributed by atoms with Crippen LogP contribution in [0.3, 0.4) is 0 Å². The maximum Gasteiger partial charge on any atom is 0.0830 e. The normalized spacial score (nSPS) is 23.7. The molecule has 1 rings (SSSR count). The Kier molecular flexibility index (Phi) is 10.4. The molecule has 0 bridgehead atoms. The highest BCUT2D eigenvalue weighted by molar-refractivity contribution is 4.71. The fourth-order valence-electron chi connectivity index (χ4n) is 2.61. The number of hydrogen-bond acceptors (Lipinski definition) is 3. The molecule has 0 radical (unpaired) electrons. The molecule has 19 heavy (non-hydrogen) atoms. The second-order valence-electron chi connectivity index (χ2n) is 5.67. The highest BCUT2D eigenvalue weighted by Gasteiger charge is 2.22. The zero-order valence-corrected chi connectivity index (χ0v) is 12.6. The van der Waals surface area contributed by atoms with Gasteiger partial charge in [0, 0.05) is 19.6 Å². The SMILES string of the molecule is CCCCCCCCCCOC1CCOC(CO)C1. The van der Waals surface area contributed by atoms with Crippen molar-refractivity contribution in [3.63, 3.8) is 0 Å². The van der Waals surface area contributed by atoms with Crippen molar-refractivity contribution in [3.8, 4) is 0 Å². The van der Waals surface area contributed by atoms with Crippen LogP contribution in [0, 0.1) is 0 Å². The molecule has 2 atom stereocenters. The van der Waals surface area contributed by atoms with E-state index in [1.807, 2.05) is 0 Å². The Hall–Kier alpha value is -0.120. The summed E-state index contributed by atoms with van der Waals surface area (Å²) in [7, 11) is 0. The van der Waals surface area contributed by atoms with Crippen LogP contribution in [-0.2, 0) is 9.47 Å². The second kappa shape index (κ2) is 11.7. The van der Waals surface area contributed by atoms with Crippen molar-refractivity contribution in [2.75, 3.05) is 19.8 Å². The van der Waals surface area contributed by atoms with Gasteiger partial charge in [0.1, 0.15) is 0 Å². The summed E-state index contributed by atoms with van der Waals surface area (Å²) in [4.78, 5) is 0. The van der Waals surface area contributed by atoms with Crippen LogP contribution in [0.4, 0.5) is 0 Å². The van der Waals surface area contributed by atoms with Gasteiger partial charge in [0.15, 0.2) is 0 Å².